The molecule has 1 saturated heterocycles. The molecule has 4 rings (SSSR count). The number of nitrogens with zero attached hydrogens (tertiary/aromatic N) is 2. The third-order valence-electron chi connectivity index (χ3n) is 5.45. The minimum atomic E-state index is -0.00463. The first-order chi connectivity index (χ1) is 13.0. The van der Waals surface area contributed by atoms with E-state index in [0.717, 1.165) is 54.9 Å². The summed E-state index contributed by atoms with van der Waals surface area (Å²) in [7, 11) is 0. The van der Waals surface area contributed by atoms with Gasteiger partial charge >= 0.3 is 0 Å². The van der Waals surface area contributed by atoms with E-state index in [0.29, 0.717) is 12.5 Å². The Morgan fingerprint density at radius 3 is 2.78 bits per heavy atom. The third kappa shape index (κ3) is 3.79. The first-order valence-corrected chi connectivity index (χ1v) is 10.1. The van der Waals surface area contributed by atoms with Gasteiger partial charge in [0.25, 0.3) is 5.91 Å². The molecule has 27 heavy (non-hydrogen) atoms. The highest BCUT2D eigenvalue weighted by Crippen LogP contribution is 2.43. The van der Waals surface area contributed by atoms with Crippen molar-refractivity contribution in [3.8, 4) is 5.69 Å². The number of amides is 1. The van der Waals surface area contributed by atoms with Gasteiger partial charge in [-0.3, -0.25) is 4.79 Å². The van der Waals surface area contributed by atoms with Crippen molar-refractivity contribution < 1.29 is 9.53 Å². The Morgan fingerprint density at radius 1 is 1.33 bits per heavy atom. The van der Waals surface area contributed by atoms with E-state index in [1.54, 1.807) is 0 Å². The highest BCUT2D eigenvalue weighted by Gasteiger charge is 2.35. The van der Waals surface area contributed by atoms with Crippen molar-refractivity contribution in [3.05, 3.63) is 46.8 Å². The van der Waals surface area contributed by atoms with Gasteiger partial charge in [-0.2, -0.15) is 5.10 Å². The lowest BCUT2D eigenvalue weighted by Gasteiger charge is -2.15. The maximum atomic E-state index is 13.2. The largest absolute Gasteiger partial charge is 0.376 e. The molecule has 1 aliphatic carbocycles. The molecular weight excluding hydrogens is 338 g/mol. The molecule has 1 aliphatic heterocycles. The van der Waals surface area contributed by atoms with Gasteiger partial charge in [0.2, 0.25) is 0 Å². The van der Waals surface area contributed by atoms with Crippen LogP contribution in [-0.4, -0.2) is 34.9 Å². The highest BCUT2D eigenvalue weighted by atomic mass is 16.5. The maximum absolute atomic E-state index is 13.2. The second kappa shape index (κ2) is 7.47. The van der Waals surface area contributed by atoms with Crippen molar-refractivity contribution >= 4 is 5.91 Å². The van der Waals surface area contributed by atoms with Gasteiger partial charge in [0.05, 0.1) is 28.7 Å². The van der Waals surface area contributed by atoms with Crippen molar-refractivity contribution in [2.45, 2.75) is 64.4 Å². The summed E-state index contributed by atoms with van der Waals surface area (Å²) >= 11 is 0. The summed E-state index contributed by atoms with van der Waals surface area (Å²) in [5.74, 6) is 0.612. The number of rotatable bonds is 6. The lowest BCUT2D eigenvalue weighted by Crippen LogP contribution is -2.32. The molecule has 5 nitrogen and oxygen atoms in total. The molecule has 1 aromatic heterocycles. The van der Waals surface area contributed by atoms with Crippen LogP contribution >= 0.6 is 0 Å². The van der Waals surface area contributed by atoms with E-state index < -0.39 is 0 Å². The molecule has 1 saturated carbocycles. The molecule has 1 amide bonds. The number of aryl methyl sites for hydroxylation is 1. The Labute approximate surface area is 161 Å². The van der Waals surface area contributed by atoms with Crippen molar-refractivity contribution in [2.24, 2.45) is 0 Å². The van der Waals surface area contributed by atoms with E-state index in [2.05, 4.69) is 44.3 Å². The van der Waals surface area contributed by atoms with E-state index in [9.17, 15) is 4.79 Å². The Bertz CT molecular complexity index is 830. The van der Waals surface area contributed by atoms with Crippen LogP contribution < -0.4 is 5.32 Å². The molecule has 2 aromatic rings. The molecule has 2 heterocycles. The number of carbonyl (C=O) groups is 1. The molecular formula is C22H29N3O2. The molecule has 5 heteroatoms. The van der Waals surface area contributed by atoms with Gasteiger partial charge in [0, 0.05) is 19.1 Å². The molecule has 0 bridgehead atoms. The standard InChI is InChI=1S/C22H29N3O2/c1-14(2)21-19(22(26)23-13-18-8-5-11-27-18)20(16-9-10-16)24-25(21)17-7-4-6-15(3)12-17/h4,6-7,12,14,16,18H,5,8-11,13H2,1-3H3,(H,23,26)/t18-/m0/s1. The zero-order valence-electron chi connectivity index (χ0n) is 16.5. The lowest BCUT2D eigenvalue weighted by molar-refractivity contribution is 0.0856. The summed E-state index contributed by atoms with van der Waals surface area (Å²) in [6, 6.07) is 8.32. The molecule has 144 valence electrons. The molecule has 1 aromatic carbocycles. The normalized spacial score (nSPS) is 19.6. The van der Waals surface area contributed by atoms with Crippen molar-refractivity contribution in [1.82, 2.24) is 15.1 Å². The van der Waals surface area contributed by atoms with Crippen LogP contribution in [0.1, 0.15) is 78.7 Å². The quantitative estimate of drug-likeness (QED) is 0.837. The fraction of sp³-hybridized carbons (Fsp3) is 0.545. The van der Waals surface area contributed by atoms with Crippen LogP contribution in [0.5, 0.6) is 0 Å². The molecule has 0 radical (unpaired) electrons. The molecule has 1 atom stereocenters. The van der Waals surface area contributed by atoms with Gasteiger partial charge in [-0.05, 0) is 56.2 Å². The fourth-order valence-corrected chi connectivity index (χ4v) is 3.91. The van der Waals surface area contributed by atoms with Crippen molar-refractivity contribution in [3.63, 3.8) is 0 Å². The summed E-state index contributed by atoms with van der Waals surface area (Å²) in [6.45, 7) is 7.74. The zero-order valence-corrected chi connectivity index (χ0v) is 16.5. The van der Waals surface area contributed by atoms with Crippen molar-refractivity contribution in [1.29, 1.82) is 0 Å². The fourth-order valence-electron chi connectivity index (χ4n) is 3.91. The Morgan fingerprint density at radius 2 is 2.15 bits per heavy atom. The van der Waals surface area contributed by atoms with Gasteiger partial charge in [-0.15, -0.1) is 0 Å². The number of nitrogens with one attached hydrogen (secondary N) is 1. The van der Waals surface area contributed by atoms with Gasteiger partial charge in [0.1, 0.15) is 0 Å². The monoisotopic (exact) mass is 367 g/mol. The van der Waals surface area contributed by atoms with Gasteiger partial charge in [-0.25, -0.2) is 4.68 Å². The van der Waals surface area contributed by atoms with Crippen LogP contribution in [0.3, 0.4) is 0 Å². The van der Waals surface area contributed by atoms with Gasteiger partial charge in [0.15, 0.2) is 0 Å². The Hall–Kier alpha value is -2.14. The van der Waals surface area contributed by atoms with E-state index in [1.807, 2.05) is 10.7 Å². The molecule has 0 unspecified atom stereocenters. The summed E-state index contributed by atoms with van der Waals surface area (Å²) in [4.78, 5) is 13.2. The highest BCUT2D eigenvalue weighted by molar-refractivity contribution is 5.97. The SMILES string of the molecule is Cc1cccc(-n2nc(C3CC3)c(C(=O)NC[C@@H]3CCCO3)c2C(C)C)c1. The second-order valence-electron chi connectivity index (χ2n) is 8.17. The lowest BCUT2D eigenvalue weighted by atomic mass is 10.0. The number of carbonyl (C=O) groups excluding carboxylic acids is 1. The number of ether oxygens (including phenoxy) is 1. The van der Waals surface area contributed by atoms with Gasteiger partial charge in [-0.1, -0.05) is 26.0 Å². The maximum Gasteiger partial charge on any atom is 0.255 e. The zero-order chi connectivity index (χ0) is 19.0. The summed E-state index contributed by atoms with van der Waals surface area (Å²) in [5.41, 5.74) is 4.97. The average molecular weight is 367 g/mol. The van der Waals surface area contributed by atoms with Crippen LogP contribution in [0.25, 0.3) is 5.69 Å². The first-order valence-electron chi connectivity index (χ1n) is 10.1. The molecule has 0 spiro atoms. The Balaban J connectivity index is 1.71. The average Bonchev–Trinajstić information content (AvgIpc) is 3.20. The topological polar surface area (TPSA) is 56.2 Å². The van der Waals surface area contributed by atoms with Crippen LogP contribution in [0.2, 0.25) is 0 Å². The number of hydrogen-bond donors (Lipinski definition) is 1. The number of benzene rings is 1. The van der Waals surface area contributed by atoms with Gasteiger partial charge < -0.3 is 10.1 Å². The second-order valence-corrected chi connectivity index (χ2v) is 8.17. The third-order valence-corrected chi connectivity index (χ3v) is 5.45. The summed E-state index contributed by atoms with van der Waals surface area (Å²) < 4.78 is 7.65. The van der Waals surface area contributed by atoms with Crippen LogP contribution in [0.15, 0.2) is 24.3 Å². The van der Waals surface area contributed by atoms with Crippen molar-refractivity contribution in [2.75, 3.05) is 13.2 Å². The van der Waals surface area contributed by atoms with Crippen LogP contribution in [0, 0.1) is 6.92 Å². The predicted molar refractivity (Wildman–Crippen MR) is 106 cm³/mol. The summed E-state index contributed by atoms with van der Waals surface area (Å²) in [5, 5.41) is 8.05. The smallest absolute Gasteiger partial charge is 0.255 e. The minimum absolute atomic E-state index is 0.00463. The predicted octanol–water partition coefficient (Wildman–Crippen LogP) is 4.09. The van der Waals surface area contributed by atoms with Crippen LogP contribution in [-0.2, 0) is 4.74 Å². The molecule has 2 fully saturated rings. The molecule has 1 N–H and O–H groups in total. The number of hydrogen-bond acceptors (Lipinski definition) is 3. The van der Waals surface area contributed by atoms with E-state index >= 15 is 0 Å². The molecule has 2 aliphatic rings. The van der Waals surface area contributed by atoms with E-state index in [1.165, 1.54) is 5.56 Å². The van der Waals surface area contributed by atoms with E-state index in [4.69, 9.17) is 9.84 Å². The van der Waals surface area contributed by atoms with Crippen LogP contribution in [0.4, 0.5) is 0 Å². The number of aromatic nitrogens is 2. The Kier molecular flexibility index (Phi) is 5.04. The summed E-state index contributed by atoms with van der Waals surface area (Å²) in [6.07, 6.45) is 4.49. The minimum Gasteiger partial charge on any atom is -0.376 e. The van der Waals surface area contributed by atoms with E-state index in [-0.39, 0.29) is 17.9 Å². The first kappa shape index (κ1) is 18.2.